The van der Waals surface area contributed by atoms with Gasteiger partial charge in [-0.05, 0) is 31.0 Å². The summed E-state index contributed by atoms with van der Waals surface area (Å²) < 4.78 is 5.63. The maximum Gasteiger partial charge on any atom is 0.310 e. The van der Waals surface area contributed by atoms with E-state index in [0.29, 0.717) is 18.7 Å². The maximum absolute atomic E-state index is 12.4. The smallest absolute Gasteiger partial charge is 0.310 e. The molecule has 1 fully saturated rings. The fourth-order valence-electron chi connectivity index (χ4n) is 2.32. The number of amides is 1. The van der Waals surface area contributed by atoms with Crippen LogP contribution in [-0.4, -0.2) is 37.0 Å². The van der Waals surface area contributed by atoms with Crippen molar-refractivity contribution in [2.45, 2.75) is 12.8 Å². The van der Waals surface area contributed by atoms with Gasteiger partial charge in [-0.15, -0.1) is 0 Å². The van der Waals surface area contributed by atoms with Crippen LogP contribution in [0.1, 0.15) is 23.2 Å². The van der Waals surface area contributed by atoms with Gasteiger partial charge in [-0.2, -0.15) is 0 Å². The topological polar surface area (TPSA) is 46.6 Å². The number of benzene rings is 1. The van der Waals surface area contributed by atoms with Crippen LogP contribution in [0.3, 0.4) is 0 Å². The number of esters is 1. The lowest BCUT2D eigenvalue weighted by molar-refractivity contribution is -0.146. The lowest BCUT2D eigenvalue weighted by Crippen LogP contribution is -2.42. The molecule has 0 N–H and O–H groups in total. The molecule has 1 aliphatic heterocycles. The van der Waals surface area contributed by atoms with Crippen LogP contribution in [0, 0.1) is 5.92 Å². The molecule has 0 spiro atoms. The van der Waals surface area contributed by atoms with Crippen molar-refractivity contribution in [3.05, 3.63) is 34.3 Å². The minimum absolute atomic E-state index is 0.0325. The molecule has 1 atom stereocenters. The molecule has 1 aromatic carbocycles. The molecule has 0 radical (unpaired) electrons. The first-order valence-corrected chi connectivity index (χ1v) is 7.04. The zero-order valence-electron chi connectivity index (χ0n) is 10.8. The predicted molar refractivity (Wildman–Crippen MR) is 74.8 cm³/mol. The van der Waals surface area contributed by atoms with E-state index in [9.17, 15) is 9.59 Å². The zero-order valence-corrected chi connectivity index (χ0v) is 12.4. The summed E-state index contributed by atoms with van der Waals surface area (Å²) in [4.78, 5) is 25.6. The third-order valence-corrected chi connectivity index (χ3v) is 3.81. The molecule has 1 saturated heterocycles. The lowest BCUT2D eigenvalue weighted by Gasteiger charge is -2.31. The molecule has 0 bridgehead atoms. The molecule has 2 rings (SSSR count). The highest BCUT2D eigenvalue weighted by molar-refractivity contribution is 9.10. The quantitative estimate of drug-likeness (QED) is 0.785. The Labute approximate surface area is 120 Å². The number of likely N-dealkylation sites (tertiary alicyclic amines) is 1. The van der Waals surface area contributed by atoms with Crippen LogP contribution in [0.2, 0.25) is 0 Å². The molecule has 5 heteroatoms. The first kappa shape index (κ1) is 14.1. The Morgan fingerprint density at radius 3 is 2.89 bits per heavy atom. The van der Waals surface area contributed by atoms with E-state index in [-0.39, 0.29) is 17.8 Å². The molecule has 1 aromatic rings. The number of ether oxygens (including phenoxy) is 1. The Balaban J connectivity index is 2.09. The highest BCUT2D eigenvalue weighted by atomic mass is 79.9. The van der Waals surface area contributed by atoms with Gasteiger partial charge in [-0.1, -0.05) is 22.0 Å². The monoisotopic (exact) mass is 325 g/mol. The largest absolute Gasteiger partial charge is 0.469 e. The van der Waals surface area contributed by atoms with Crippen LogP contribution in [0.15, 0.2) is 28.7 Å². The van der Waals surface area contributed by atoms with Gasteiger partial charge in [-0.25, -0.2) is 0 Å². The molecular weight excluding hydrogens is 310 g/mol. The average molecular weight is 326 g/mol. The van der Waals surface area contributed by atoms with Crippen LogP contribution in [-0.2, 0) is 9.53 Å². The summed E-state index contributed by atoms with van der Waals surface area (Å²) in [5.74, 6) is -0.462. The van der Waals surface area contributed by atoms with E-state index in [1.807, 2.05) is 12.1 Å². The number of piperidine rings is 1. The van der Waals surface area contributed by atoms with E-state index in [0.717, 1.165) is 17.3 Å². The molecule has 0 aliphatic carbocycles. The predicted octanol–water partition coefficient (Wildman–Crippen LogP) is 2.47. The summed E-state index contributed by atoms with van der Waals surface area (Å²) in [7, 11) is 1.39. The van der Waals surface area contributed by atoms with Gasteiger partial charge in [-0.3, -0.25) is 9.59 Å². The number of hydrogen-bond donors (Lipinski definition) is 0. The van der Waals surface area contributed by atoms with Gasteiger partial charge >= 0.3 is 5.97 Å². The molecule has 1 heterocycles. The molecule has 1 amide bonds. The second-order valence-electron chi connectivity index (χ2n) is 4.62. The van der Waals surface area contributed by atoms with Gasteiger partial charge < -0.3 is 9.64 Å². The van der Waals surface area contributed by atoms with Crippen molar-refractivity contribution in [2.24, 2.45) is 5.92 Å². The summed E-state index contributed by atoms with van der Waals surface area (Å²) in [5, 5.41) is 0. The summed E-state index contributed by atoms with van der Waals surface area (Å²) in [6, 6.07) is 7.29. The van der Waals surface area contributed by atoms with Crippen molar-refractivity contribution in [1.29, 1.82) is 0 Å². The number of halogens is 1. The van der Waals surface area contributed by atoms with Gasteiger partial charge in [0.25, 0.3) is 5.91 Å². The maximum atomic E-state index is 12.4. The summed E-state index contributed by atoms with van der Waals surface area (Å²) in [5.41, 5.74) is 0.639. The van der Waals surface area contributed by atoms with Crippen molar-refractivity contribution in [3.63, 3.8) is 0 Å². The molecule has 0 saturated carbocycles. The normalized spacial score (nSPS) is 19.1. The number of rotatable bonds is 2. The number of carbonyl (C=O) groups excluding carboxylic acids is 2. The standard InChI is InChI=1S/C14H16BrNO3/c1-19-14(18)11-5-3-7-16(9-11)13(17)10-4-2-6-12(15)8-10/h2,4,6,8,11H,3,5,7,9H2,1H3/t11-/m0/s1. The molecule has 4 nitrogen and oxygen atoms in total. The molecule has 0 unspecified atom stereocenters. The highest BCUT2D eigenvalue weighted by Gasteiger charge is 2.29. The van der Waals surface area contributed by atoms with Crippen molar-refractivity contribution in [2.75, 3.05) is 20.2 Å². The van der Waals surface area contributed by atoms with E-state index in [4.69, 9.17) is 4.74 Å². The van der Waals surface area contributed by atoms with Crippen LogP contribution in [0.5, 0.6) is 0 Å². The van der Waals surface area contributed by atoms with Crippen LogP contribution < -0.4 is 0 Å². The fraction of sp³-hybridized carbons (Fsp3) is 0.429. The van der Waals surface area contributed by atoms with E-state index in [2.05, 4.69) is 15.9 Å². The summed E-state index contributed by atoms with van der Waals surface area (Å²) >= 11 is 3.36. The van der Waals surface area contributed by atoms with E-state index < -0.39 is 0 Å². The van der Waals surface area contributed by atoms with Crippen LogP contribution in [0.25, 0.3) is 0 Å². The number of nitrogens with zero attached hydrogens (tertiary/aromatic N) is 1. The third-order valence-electron chi connectivity index (χ3n) is 3.31. The Hall–Kier alpha value is -1.36. The minimum atomic E-state index is -0.230. The van der Waals surface area contributed by atoms with Gasteiger partial charge in [0.15, 0.2) is 0 Å². The SMILES string of the molecule is COC(=O)[C@H]1CCCN(C(=O)c2cccc(Br)c2)C1. The fourth-order valence-corrected chi connectivity index (χ4v) is 2.72. The second-order valence-corrected chi connectivity index (χ2v) is 5.54. The lowest BCUT2D eigenvalue weighted by atomic mass is 9.97. The Bertz CT molecular complexity index is 489. The minimum Gasteiger partial charge on any atom is -0.469 e. The van der Waals surface area contributed by atoms with Gasteiger partial charge in [0, 0.05) is 23.1 Å². The third kappa shape index (κ3) is 3.35. The molecule has 1 aliphatic rings. The van der Waals surface area contributed by atoms with Crippen LogP contribution in [0.4, 0.5) is 0 Å². The summed E-state index contributed by atoms with van der Waals surface area (Å²) in [6.45, 7) is 1.14. The van der Waals surface area contributed by atoms with Gasteiger partial charge in [0.05, 0.1) is 13.0 Å². The average Bonchev–Trinajstić information content (AvgIpc) is 2.45. The number of carbonyl (C=O) groups is 2. The van der Waals surface area contributed by atoms with Gasteiger partial charge in [0.1, 0.15) is 0 Å². The summed E-state index contributed by atoms with van der Waals surface area (Å²) in [6.07, 6.45) is 1.62. The van der Waals surface area contributed by atoms with E-state index >= 15 is 0 Å². The van der Waals surface area contributed by atoms with Crippen molar-refractivity contribution in [1.82, 2.24) is 4.90 Å². The first-order valence-electron chi connectivity index (χ1n) is 6.24. The molecule has 102 valence electrons. The van der Waals surface area contributed by atoms with Crippen molar-refractivity contribution < 1.29 is 14.3 Å². The molecular formula is C14H16BrNO3. The first-order chi connectivity index (χ1) is 9.11. The Morgan fingerprint density at radius 2 is 2.21 bits per heavy atom. The van der Waals surface area contributed by atoms with Gasteiger partial charge in [0.2, 0.25) is 0 Å². The van der Waals surface area contributed by atoms with Crippen LogP contribution >= 0.6 is 15.9 Å². The zero-order chi connectivity index (χ0) is 13.8. The second kappa shape index (κ2) is 6.19. The van der Waals surface area contributed by atoms with E-state index in [1.54, 1.807) is 17.0 Å². The molecule has 19 heavy (non-hydrogen) atoms. The van der Waals surface area contributed by atoms with Crippen molar-refractivity contribution >= 4 is 27.8 Å². The van der Waals surface area contributed by atoms with Crippen molar-refractivity contribution in [3.8, 4) is 0 Å². The highest BCUT2D eigenvalue weighted by Crippen LogP contribution is 2.21. The Kier molecular flexibility index (Phi) is 4.58. The Morgan fingerprint density at radius 1 is 1.42 bits per heavy atom. The molecule has 0 aromatic heterocycles. The number of methoxy groups -OCH3 is 1. The van der Waals surface area contributed by atoms with E-state index in [1.165, 1.54) is 7.11 Å². The number of hydrogen-bond acceptors (Lipinski definition) is 3.